The molecule has 5 nitrogen and oxygen atoms in total. The third kappa shape index (κ3) is 3.98. The number of allylic oxidation sites excluding steroid dienone is 3. The van der Waals surface area contributed by atoms with Crippen LogP contribution in [-0.4, -0.2) is 39.5 Å². The first-order chi connectivity index (χ1) is 14.7. The molecule has 1 saturated heterocycles. The van der Waals surface area contributed by atoms with Crippen LogP contribution >= 0.6 is 11.6 Å². The molecule has 1 aliphatic carbocycles. The average molecular weight is 424 g/mol. The van der Waals surface area contributed by atoms with Gasteiger partial charge in [0, 0.05) is 17.3 Å². The first-order valence-corrected chi connectivity index (χ1v) is 10.7. The molecule has 7 heteroatoms. The molecule has 3 heterocycles. The summed E-state index contributed by atoms with van der Waals surface area (Å²) in [7, 11) is 0. The number of aromatic nitrogens is 3. The van der Waals surface area contributed by atoms with Crippen molar-refractivity contribution in [1.82, 2.24) is 19.9 Å². The Morgan fingerprint density at radius 3 is 2.80 bits per heavy atom. The summed E-state index contributed by atoms with van der Waals surface area (Å²) in [6, 6.07) is 6.57. The standard InChI is InChI=1S/C23H23ClFN5/c24-17-6-7-20(19(25)11-17)28-22-18-12-21(29-23(18)27-14-26-22)16-5-4-15(10-16)13-30-8-2-1-3-9-30/h4-7,11-12,14H,1-3,8-10,13H2,(H2,26,27,28,29). The molecule has 3 aromatic rings. The lowest BCUT2D eigenvalue weighted by Crippen LogP contribution is -2.31. The number of H-pyrrole nitrogens is 1. The molecule has 0 amide bonds. The second-order valence-electron chi connectivity index (χ2n) is 7.95. The maximum atomic E-state index is 14.2. The highest BCUT2D eigenvalue weighted by atomic mass is 35.5. The first kappa shape index (κ1) is 19.3. The summed E-state index contributed by atoms with van der Waals surface area (Å²) in [4.78, 5) is 14.6. The molecule has 5 rings (SSSR count). The van der Waals surface area contributed by atoms with Crippen LogP contribution in [0.5, 0.6) is 0 Å². The number of likely N-dealkylation sites (tertiary alicyclic amines) is 1. The lowest BCUT2D eigenvalue weighted by Gasteiger charge is -2.26. The van der Waals surface area contributed by atoms with E-state index in [1.165, 1.54) is 55.9 Å². The molecule has 2 aromatic heterocycles. The van der Waals surface area contributed by atoms with Crippen LogP contribution < -0.4 is 5.32 Å². The van der Waals surface area contributed by atoms with Crippen LogP contribution in [0.25, 0.3) is 16.6 Å². The Labute approximate surface area is 179 Å². The van der Waals surface area contributed by atoms with Gasteiger partial charge in [-0.05, 0) is 62.2 Å². The fourth-order valence-electron chi connectivity index (χ4n) is 4.21. The number of nitrogens with zero attached hydrogens (tertiary/aromatic N) is 3. The fourth-order valence-corrected chi connectivity index (χ4v) is 4.37. The van der Waals surface area contributed by atoms with Crippen LogP contribution in [0.3, 0.4) is 0 Å². The topological polar surface area (TPSA) is 56.8 Å². The number of rotatable bonds is 5. The molecular weight excluding hydrogens is 401 g/mol. The van der Waals surface area contributed by atoms with Gasteiger partial charge in [0.05, 0.1) is 11.1 Å². The Hall–Kier alpha value is -2.70. The quantitative estimate of drug-likeness (QED) is 0.553. The number of nitrogens with one attached hydrogen (secondary N) is 2. The third-order valence-electron chi connectivity index (χ3n) is 5.77. The SMILES string of the molecule is Fc1cc(Cl)ccc1Nc1ncnc2[nH]c(C3=CC=C(CN4CCCCC4)C3)cc12. The van der Waals surface area contributed by atoms with Gasteiger partial charge in [-0.2, -0.15) is 0 Å². The van der Waals surface area contributed by atoms with Crippen LogP contribution in [-0.2, 0) is 0 Å². The highest BCUT2D eigenvalue weighted by Gasteiger charge is 2.18. The van der Waals surface area contributed by atoms with Crippen molar-refractivity contribution in [2.75, 3.05) is 25.0 Å². The molecular formula is C23H23ClFN5. The molecule has 2 aliphatic rings. The highest BCUT2D eigenvalue weighted by Crippen LogP contribution is 2.33. The molecule has 0 spiro atoms. The molecule has 1 fully saturated rings. The van der Waals surface area contributed by atoms with Gasteiger partial charge in [-0.1, -0.05) is 35.7 Å². The summed E-state index contributed by atoms with van der Waals surface area (Å²) >= 11 is 5.85. The zero-order chi connectivity index (χ0) is 20.5. The molecule has 1 aliphatic heterocycles. The van der Waals surface area contributed by atoms with Crippen molar-refractivity contribution >= 4 is 39.7 Å². The number of piperidine rings is 1. The molecule has 0 radical (unpaired) electrons. The van der Waals surface area contributed by atoms with Gasteiger partial charge in [0.15, 0.2) is 0 Å². The summed E-state index contributed by atoms with van der Waals surface area (Å²) in [6.07, 6.45) is 10.8. The summed E-state index contributed by atoms with van der Waals surface area (Å²) in [5, 5.41) is 4.25. The van der Waals surface area contributed by atoms with Crippen LogP contribution in [0.2, 0.25) is 5.02 Å². The Kier molecular flexibility index (Phi) is 5.27. The number of fused-ring (bicyclic) bond motifs is 1. The predicted octanol–water partition coefficient (Wildman–Crippen LogP) is 5.69. The van der Waals surface area contributed by atoms with Crippen molar-refractivity contribution in [2.45, 2.75) is 25.7 Å². The van der Waals surface area contributed by atoms with Crippen molar-refractivity contribution < 1.29 is 4.39 Å². The zero-order valence-corrected chi connectivity index (χ0v) is 17.3. The van der Waals surface area contributed by atoms with E-state index in [2.05, 4.69) is 37.3 Å². The van der Waals surface area contributed by atoms with Crippen LogP contribution in [0.4, 0.5) is 15.9 Å². The molecule has 0 saturated carbocycles. The van der Waals surface area contributed by atoms with E-state index in [1.807, 2.05) is 6.07 Å². The monoisotopic (exact) mass is 423 g/mol. The Bertz CT molecular complexity index is 1140. The van der Waals surface area contributed by atoms with Gasteiger partial charge < -0.3 is 10.3 Å². The van der Waals surface area contributed by atoms with Crippen LogP contribution in [0, 0.1) is 5.82 Å². The molecule has 0 unspecified atom stereocenters. The fraction of sp³-hybridized carbons (Fsp3) is 0.304. The summed E-state index contributed by atoms with van der Waals surface area (Å²) < 4.78 is 14.2. The number of aromatic amines is 1. The van der Waals surface area contributed by atoms with Gasteiger partial charge in [0.25, 0.3) is 0 Å². The summed E-state index contributed by atoms with van der Waals surface area (Å²) in [5.41, 5.74) is 4.76. The van der Waals surface area contributed by atoms with Crippen LogP contribution in [0.15, 0.2) is 48.3 Å². The maximum absolute atomic E-state index is 14.2. The van der Waals surface area contributed by atoms with E-state index in [-0.39, 0.29) is 0 Å². The minimum absolute atomic E-state index is 0.327. The van der Waals surface area contributed by atoms with Crippen molar-refractivity contribution in [1.29, 1.82) is 0 Å². The summed E-state index contributed by atoms with van der Waals surface area (Å²) in [5.74, 6) is 0.138. The lowest BCUT2D eigenvalue weighted by atomic mass is 10.1. The van der Waals surface area contributed by atoms with Gasteiger partial charge >= 0.3 is 0 Å². The second-order valence-corrected chi connectivity index (χ2v) is 8.38. The van der Waals surface area contributed by atoms with Crippen LogP contribution in [0.1, 0.15) is 31.4 Å². The minimum Gasteiger partial charge on any atom is -0.339 e. The molecule has 0 atom stereocenters. The zero-order valence-electron chi connectivity index (χ0n) is 16.6. The third-order valence-corrected chi connectivity index (χ3v) is 6.00. The Morgan fingerprint density at radius 2 is 1.97 bits per heavy atom. The van der Waals surface area contributed by atoms with Gasteiger partial charge in [-0.15, -0.1) is 0 Å². The minimum atomic E-state index is -0.421. The van der Waals surface area contributed by atoms with E-state index in [0.717, 1.165) is 29.7 Å². The van der Waals surface area contributed by atoms with Gasteiger partial charge in [0.2, 0.25) is 0 Å². The smallest absolute Gasteiger partial charge is 0.148 e. The predicted molar refractivity (Wildman–Crippen MR) is 120 cm³/mol. The Morgan fingerprint density at radius 1 is 1.10 bits per heavy atom. The number of hydrogen-bond donors (Lipinski definition) is 2. The molecule has 30 heavy (non-hydrogen) atoms. The van der Waals surface area contributed by atoms with Crippen molar-refractivity contribution in [2.24, 2.45) is 0 Å². The van der Waals surface area contributed by atoms with Crippen molar-refractivity contribution in [3.8, 4) is 0 Å². The maximum Gasteiger partial charge on any atom is 0.148 e. The highest BCUT2D eigenvalue weighted by molar-refractivity contribution is 6.30. The number of hydrogen-bond acceptors (Lipinski definition) is 4. The molecule has 1 aromatic carbocycles. The Balaban J connectivity index is 1.34. The van der Waals surface area contributed by atoms with E-state index >= 15 is 0 Å². The summed E-state index contributed by atoms with van der Waals surface area (Å²) in [6.45, 7) is 3.44. The second kappa shape index (κ2) is 8.20. The largest absolute Gasteiger partial charge is 0.339 e. The van der Waals surface area contributed by atoms with Gasteiger partial charge in [0.1, 0.15) is 23.6 Å². The van der Waals surface area contributed by atoms with E-state index in [0.29, 0.717) is 16.5 Å². The molecule has 0 bridgehead atoms. The van der Waals surface area contributed by atoms with Gasteiger partial charge in [-0.25, -0.2) is 14.4 Å². The number of halogens is 2. The first-order valence-electron chi connectivity index (χ1n) is 10.3. The van der Waals surface area contributed by atoms with E-state index in [9.17, 15) is 4.39 Å². The average Bonchev–Trinajstić information content (AvgIpc) is 3.38. The van der Waals surface area contributed by atoms with Crippen molar-refractivity contribution in [3.05, 3.63) is 64.9 Å². The van der Waals surface area contributed by atoms with Gasteiger partial charge in [-0.3, -0.25) is 4.90 Å². The number of anilines is 2. The molecule has 154 valence electrons. The lowest BCUT2D eigenvalue weighted by molar-refractivity contribution is 0.246. The van der Waals surface area contributed by atoms with E-state index < -0.39 is 5.82 Å². The molecule has 2 N–H and O–H groups in total. The van der Waals surface area contributed by atoms with E-state index in [4.69, 9.17) is 11.6 Å². The van der Waals surface area contributed by atoms with E-state index in [1.54, 1.807) is 12.1 Å². The normalized spacial score (nSPS) is 17.3. The van der Waals surface area contributed by atoms with Crippen molar-refractivity contribution in [3.63, 3.8) is 0 Å². The number of benzene rings is 1.